The maximum atomic E-state index is 11.8. The van der Waals surface area contributed by atoms with Gasteiger partial charge in [-0.25, -0.2) is 0 Å². The van der Waals surface area contributed by atoms with E-state index in [9.17, 15) is 4.79 Å². The van der Waals surface area contributed by atoms with Gasteiger partial charge < -0.3 is 11.1 Å². The molecule has 0 aliphatic heterocycles. The number of amides is 1. The largest absolute Gasteiger partial charge is 0.396 e. The molecule has 1 saturated carbocycles. The number of nitrogens with two attached hydrogens (primary N) is 1. The van der Waals surface area contributed by atoms with Crippen molar-refractivity contribution in [1.29, 1.82) is 0 Å². The molecule has 1 heterocycles. The first-order chi connectivity index (χ1) is 7.97. The summed E-state index contributed by atoms with van der Waals surface area (Å²) in [6, 6.07) is 0.354. The second-order valence-electron chi connectivity index (χ2n) is 5.08. The molecule has 0 spiro atoms. The lowest BCUT2D eigenvalue weighted by Crippen LogP contribution is -2.44. The molecule has 0 unspecified atom stereocenters. The van der Waals surface area contributed by atoms with Crippen molar-refractivity contribution in [2.45, 2.75) is 46.2 Å². The average Bonchev–Trinajstić information content (AvgIpc) is 2.44. The van der Waals surface area contributed by atoms with Crippen LogP contribution in [-0.2, 0) is 11.3 Å². The number of aryl methyl sites for hydroxylation is 1. The van der Waals surface area contributed by atoms with Crippen LogP contribution in [0.4, 0.5) is 5.69 Å². The summed E-state index contributed by atoms with van der Waals surface area (Å²) in [6.45, 7) is 6.19. The second-order valence-corrected chi connectivity index (χ2v) is 5.08. The van der Waals surface area contributed by atoms with Crippen LogP contribution in [0, 0.1) is 19.8 Å². The number of rotatable bonds is 3. The van der Waals surface area contributed by atoms with Gasteiger partial charge in [0, 0.05) is 6.04 Å². The fourth-order valence-electron chi connectivity index (χ4n) is 2.29. The molecular weight excluding hydrogens is 216 g/mol. The molecule has 1 aromatic heterocycles. The summed E-state index contributed by atoms with van der Waals surface area (Å²) in [5.41, 5.74) is 8.14. The van der Waals surface area contributed by atoms with E-state index in [2.05, 4.69) is 17.3 Å². The Kier molecular flexibility index (Phi) is 3.09. The van der Waals surface area contributed by atoms with Crippen molar-refractivity contribution in [2.24, 2.45) is 5.92 Å². The first-order valence-corrected chi connectivity index (χ1v) is 6.06. The highest BCUT2D eigenvalue weighted by Gasteiger charge is 2.26. The van der Waals surface area contributed by atoms with Gasteiger partial charge in [-0.2, -0.15) is 5.10 Å². The summed E-state index contributed by atoms with van der Waals surface area (Å²) in [4.78, 5) is 11.8. The molecule has 5 heteroatoms. The van der Waals surface area contributed by atoms with Crippen molar-refractivity contribution in [3.8, 4) is 0 Å². The molecule has 0 bridgehead atoms. The number of aromatic nitrogens is 2. The summed E-state index contributed by atoms with van der Waals surface area (Å²) in [5, 5.41) is 7.26. The Labute approximate surface area is 101 Å². The number of nitrogens with zero attached hydrogens (tertiary/aromatic N) is 2. The van der Waals surface area contributed by atoms with Gasteiger partial charge in [-0.1, -0.05) is 6.92 Å². The van der Waals surface area contributed by atoms with Crippen LogP contribution in [0.3, 0.4) is 0 Å². The Hall–Kier alpha value is -1.52. The first kappa shape index (κ1) is 12.0. The van der Waals surface area contributed by atoms with Crippen molar-refractivity contribution < 1.29 is 4.79 Å². The van der Waals surface area contributed by atoms with Gasteiger partial charge in [-0.3, -0.25) is 9.48 Å². The summed E-state index contributed by atoms with van der Waals surface area (Å²) in [6.07, 6.45) is 2.18. The van der Waals surface area contributed by atoms with Crippen molar-refractivity contribution in [1.82, 2.24) is 15.1 Å². The number of carbonyl (C=O) groups is 1. The van der Waals surface area contributed by atoms with Crippen molar-refractivity contribution >= 4 is 11.6 Å². The van der Waals surface area contributed by atoms with E-state index in [0.717, 1.165) is 30.1 Å². The van der Waals surface area contributed by atoms with Gasteiger partial charge in [0.1, 0.15) is 6.54 Å². The number of carbonyl (C=O) groups excluding carboxylic acids is 1. The normalized spacial score (nSPS) is 23.2. The van der Waals surface area contributed by atoms with E-state index in [1.54, 1.807) is 4.68 Å². The van der Waals surface area contributed by atoms with Gasteiger partial charge in [0.2, 0.25) is 5.91 Å². The highest BCUT2D eigenvalue weighted by molar-refractivity contribution is 5.76. The van der Waals surface area contributed by atoms with Crippen LogP contribution < -0.4 is 11.1 Å². The van der Waals surface area contributed by atoms with E-state index in [1.807, 2.05) is 13.8 Å². The lowest BCUT2D eigenvalue weighted by atomic mass is 9.82. The Morgan fingerprint density at radius 3 is 2.65 bits per heavy atom. The minimum Gasteiger partial charge on any atom is -0.396 e. The predicted molar refractivity (Wildman–Crippen MR) is 66.4 cm³/mol. The summed E-state index contributed by atoms with van der Waals surface area (Å²) < 4.78 is 1.67. The Morgan fingerprint density at radius 2 is 2.18 bits per heavy atom. The Balaban J connectivity index is 1.91. The van der Waals surface area contributed by atoms with Gasteiger partial charge in [0.25, 0.3) is 0 Å². The van der Waals surface area contributed by atoms with E-state index in [4.69, 9.17) is 5.73 Å². The predicted octanol–water partition coefficient (Wildman–Crippen LogP) is 0.997. The molecule has 0 radical (unpaired) electrons. The van der Waals surface area contributed by atoms with Crippen LogP contribution in [0.25, 0.3) is 0 Å². The van der Waals surface area contributed by atoms with Crippen LogP contribution in [-0.4, -0.2) is 21.7 Å². The number of nitrogens with one attached hydrogen (secondary N) is 1. The van der Waals surface area contributed by atoms with Crippen LogP contribution in [0.2, 0.25) is 0 Å². The SMILES string of the molecule is Cc1nn(CC(=O)NC2CC(C)C2)c(C)c1N. The van der Waals surface area contributed by atoms with Gasteiger partial charge in [0.05, 0.1) is 17.1 Å². The van der Waals surface area contributed by atoms with Gasteiger partial charge >= 0.3 is 0 Å². The molecule has 17 heavy (non-hydrogen) atoms. The molecule has 1 amide bonds. The number of nitrogen functional groups attached to an aromatic ring is 1. The fraction of sp³-hybridized carbons (Fsp3) is 0.667. The highest BCUT2D eigenvalue weighted by atomic mass is 16.2. The number of anilines is 1. The molecule has 1 aromatic rings. The van der Waals surface area contributed by atoms with Crippen LogP contribution >= 0.6 is 0 Å². The molecule has 0 aromatic carbocycles. The molecule has 2 rings (SSSR count). The van der Waals surface area contributed by atoms with Crippen molar-refractivity contribution in [3.05, 3.63) is 11.4 Å². The van der Waals surface area contributed by atoms with Crippen molar-refractivity contribution in [2.75, 3.05) is 5.73 Å². The Bertz CT molecular complexity index is 432. The van der Waals surface area contributed by atoms with Gasteiger partial charge in [-0.05, 0) is 32.6 Å². The fourth-order valence-corrected chi connectivity index (χ4v) is 2.29. The lowest BCUT2D eigenvalue weighted by molar-refractivity contribution is -0.123. The van der Waals surface area contributed by atoms with Crippen LogP contribution in [0.5, 0.6) is 0 Å². The molecule has 0 atom stereocenters. The van der Waals surface area contributed by atoms with Crippen LogP contribution in [0.15, 0.2) is 0 Å². The molecule has 1 fully saturated rings. The van der Waals surface area contributed by atoms with Gasteiger partial charge in [0.15, 0.2) is 0 Å². The zero-order valence-corrected chi connectivity index (χ0v) is 10.7. The average molecular weight is 236 g/mol. The van der Waals surface area contributed by atoms with E-state index < -0.39 is 0 Å². The smallest absolute Gasteiger partial charge is 0.241 e. The first-order valence-electron chi connectivity index (χ1n) is 6.06. The Morgan fingerprint density at radius 1 is 1.53 bits per heavy atom. The van der Waals surface area contributed by atoms with Gasteiger partial charge in [-0.15, -0.1) is 0 Å². The summed E-state index contributed by atoms with van der Waals surface area (Å²) >= 11 is 0. The summed E-state index contributed by atoms with van der Waals surface area (Å²) in [7, 11) is 0. The molecule has 1 aliphatic carbocycles. The molecule has 0 saturated heterocycles. The second kappa shape index (κ2) is 4.39. The maximum absolute atomic E-state index is 11.8. The van der Waals surface area contributed by atoms with E-state index in [-0.39, 0.29) is 12.5 Å². The lowest BCUT2D eigenvalue weighted by Gasteiger charge is -2.33. The third-order valence-electron chi connectivity index (χ3n) is 3.47. The topological polar surface area (TPSA) is 72.9 Å². The molecule has 5 nitrogen and oxygen atoms in total. The third kappa shape index (κ3) is 2.43. The number of hydrogen-bond donors (Lipinski definition) is 2. The quantitative estimate of drug-likeness (QED) is 0.822. The van der Waals surface area contributed by atoms with E-state index in [0.29, 0.717) is 11.7 Å². The zero-order valence-electron chi connectivity index (χ0n) is 10.7. The molecule has 94 valence electrons. The standard InChI is InChI=1S/C12H20N4O/c1-7-4-10(5-7)14-11(17)6-16-9(3)12(13)8(2)15-16/h7,10H,4-6,13H2,1-3H3,(H,14,17). The minimum absolute atomic E-state index is 0.0208. The van der Waals surface area contributed by atoms with E-state index in [1.165, 1.54) is 0 Å². The zero-order chi connectivity index (χ0) is 12.6. The highest BCUT2D eigenvalue weighted by Crippen LogP contribution is 2.26. The summed E-state index contributed by atoms with van der Waals surface area (Å²) in [5.74, 6) is 0.761. The minimum atomic E-state index is 0.0208. The molecular formula is C12H20N4O. The monoisotopic (exact) mass is 236 g/mol. The molecule has 3 N–H and O–H groups in total. The van der Waals surface area contributed by atoms with E-state index >= 15 is 0 Å². The molecule has 1 aliphatic rings. The number of hydrogen-bond acceptors (Lipinski definition) is 3. The van der Waals surface area contributed by atoms with Crippen LogP contribution in [0.1, 0.15) is 31.2 Å². The van der Waals surface area contributed by atoms with Crippen molar-refractivity contribution in [3.63, 3.8) is 0 Å². The maximum Gasteiger partial charge on any atom is 0.241 e. The third-order valence-corrected chi connectivity index (χ3v) is 3.47.